The van der Waals surface area contributed by atoms with Crippen molar-refractivity contribution >= 4 is 52.2 Å². The third-order valence-corrected chi connectivity index (χ3v) is 12.5. The van der Waals surface area contributed by atoms with Crippen molar-refractivity contribution in [1.82, 2.24) is 4.98 Å². The number of nitrogens with zero attached hydrogens (tertiary/aromatic N) is 1. The van der Waals surface area contributed by atoms with Gasteiger partial charge in [0.15, 0.2) is 6.61 Å². The summed E-state index contributed by atoms with van der Waals surface area (Å²) in [7, 11) is 0. The van der Waals surface area contributed by atoms with Gasteiger partial charge < -0.3 is 15.0 Å². The minimum Gasteiger partial charge on any atom is -0.484 e. The standard InChI is InChI=1S/C35H31N3O5S2/c1-17-9-11-21(12-10-17)38-33(40)28-23-15-24(29(28)34(38)41)30-27(23)26(31-32(44-30)37-35(42)45-31)19-6-4-8-22(14-19)43-16-25(39)36-20-7-3-5-18(2)13-20/h3-14,23-24,26-30H,15-16H2,1-2H3,(H,36,39)(H,37,42)/t23?,24?,26-,27?,28?,29?,30?/m1/s1. The SMILES string of the molecule is Cc1ccc(N2C(=O)C3C4CC(C3C2=O)C2C4Sc3[nH]c(=O)sc3[C@@H]2c2cccc(OCC(=O)Nc3cccc(C)c3)c2)cc1. The van der Waals surface area contributed by atoms with Crippen molar-refractivity contribution < 1.29 is 19.1 Å². The summed E-state index contributed by atoms with van der Waals surface area (Å²) in [6.07, 6.45) is 0.821. The van der Waals surface area contributed by atoms with Gasteiger partial charge in [-0.15, -0.1) is 11.8 Å². The molecule has 1 aromatic heterocycles. The Morgan fingerprint density at radius 1 is 0.933 bits per heavy atom. The Balaban J connectivity index is 1.09. The normalized spacial score (nSPS) is 27.7. The van der Waals surface area contributed by atoms with Crippen molar-refractivity contribution in [3.05, 3.63) is 104 Å². The van der Waals surface area contributed by atoms with Gasteiger partial charge in [0.2, 0.25) is 11.8 Å². The van der Waals surface area contributed by atoms with Crippen molar-refractivity contribution in [2.24, 2.45) is 29.6 Å². The van der Waals surface area contributed by atoms with E-state index in [1.54, 1.807) is 11.8 Å². The highest BCUT2D eigenvalue weighted by molar-refractivity contribution is 8.00. The van der Waals surface area contributed by atoms with E-state index in [1.165, 1.54) is 16.2 Å². The van der Waals surface area contributed by atoms with Gasteiger partial charge in [-0.25, -0.2) is 0 Å². The summed E-state index contributed by atoms with van der Waals surface area (Å²) in [5.41, 5.74) is 4.45. The van der Waals surface area contributed by atoms with Gasteiger partial charge in [0.25, 0.3) is 5.91 Å². The number of H-pyrrole nitrogens is 1. The number of imide groups is 1. The topological polar surface area (TPSA) is 109 Å². The summed E-state index contributed by atoms with van der Waals surface area (Å²) < 4.78 is 5.95. The highest BCUT2D eigenvalue weighted by Crippen LogP contribution is 2.68. The summed E-state index contributed by atoms with van der Waals surface area (Å²) >= 11 is 2.89. The second-order valence-electron chi connectivity index (χ2n) is 12.6. The van der Waals surface area contributed by atoms with Crippen LogP contribution in [0.5, 0.6) is 5.75 Å². The van der Waals surface area contributed by atoms with Crippen LogP contribution in [0.1, 0.15) is 33.9 Å². The van der Waals surface area contributed by atoms with Gasteiger partial charge in [-0.1, -0.05) is 53.3 Å². The van der Waals surface area contributed by atoms with Crippen LogP contribution in [0.2, 0.25) is 0 Å². The van der Waals surface area contributed by atoms with E-state index in [2.05, 4.69) is 10.3 Å². The molecule has 3 fully saturated rings. The molecular weight excluding hydrogens is 607 g/mol. The molecule has 7 atom stereocenters. The first kappa shape index (κ1) is 28.3. The Morgan fingerprint density at radius 3 is 2.47 bits per heavy atom. The molecule has 8 rings (SSSR count). The van der Waals surface area contributed by atoms with Crippen LogP contribution >= 0.6 is 23.1 Å². The Labute approximate surface area is 268 Å². The van der Waals surface area contributed by atoms with Crippen LogP contribution in [0.25, 0.3) is 0 Å². The van der Waals surface area contributed by atoms with Crippen LogP contribution in [-0.2, 0) is 14.4 Å². The number of amides is 3. The van der Waals surface area contributed by atoms with E-state index < -0.39 is 0 Å². The van der Waals surface area contributed by atoms with Crippen LogP contribution in [-0.4, -0.2) is 34.6 Å². The fourth-order valence-electron chi connectivity index (χ4n) is 8.20. The average molecular weight is 638 g/mol. The zero-order valence-electron chi connectivity index (χ0n) is 24.7. The van der Waals surface area contributed by atoms with Crippen molar-refractivity contribution in [3.8, 4) is 5.75 Å². The number of carbonyl (C=O) groups is 3. The van der Waals surface area contributed by atoms with Gasteiger partial charge in [0.1, 0.15) is 5.75 Å². The molecule has 8 nitrogen and oxygen atoms in total. The number of nitrogens with one attached hydrogen (secondary N) is 2. The Hall–Kier alpha value is -4.15. The van der Waals surface area contributed by atoms with E-state index in [0.29, 0.717) is 17.1 Å². The predicted molar refractivity (Wildman–Crippen MR) is 174 cm³/mol. The first-order valence-electron chi connectivity index (χ1n) is 15.2. The highest BCUT2D eigenvalue weighted by atomic mass is 32.2. The minimum atomic E-state index is -0.366. The molecule has 6 unspecified atom stereocenters. The third kappa shape index (κ3) is 4.65. The molecule has 45 heavy (non-hydrogen) atoms. The van der Waals surface area contributed by atoms with Gasteiger partial charge in [-0.2, -0.15) is 0 Å². The van der Waals surface area contributed by atoms with E-state index in [0.717, 1.165) is 33.0 Å². The molecule has 0 spiro atoms. The quantitative estimate of drug-likeness (QED) is 0.261. The number of carbonyl (C=O) groups excluding carboxylic acids is 3. The second kappa shape index (κ2) is 10.7. The highest BCUT2D eigenvalue weighted by Gasteiger charge is 2.69. The molecule has 2 bridgehead atoms. The van der Waals surface area contributed by atoms with E-state index in [9.17, 15) is 19.2 Å². The minimum absolute atomic E-state index is 0.0180. The fraction of sp³-hybridized carbons (Fsp3) is 0.314. The second-order valence-corrected chi connectivity index (χ2v) is 14.8. The lowest BCUT2D eigenvalue weighted by molar-refractivity contribution is -0.123. The zero-order valence-corrected chi connectivity index (χ0v) is 26.3. The largest absolute Gasteiger partial charge is 0.484 e. The lowest BCUT2D eigenvalue weighted by Crippen LogP contribution is -2.42. The number of ether oxygens (including phenoxy) is 1. The molecule has 2 aliphatic carbocycles. The maximum atomic E-state index is 14.0. The molecule has 228 valence electrons. The van der Waals surface area contributed by atoms with Crippen molar-refractivity contribution in [3.63, 3.8) is 0 Å². The maximum absolute atomic E-state index is 14.0. The molecule has 3 aromatic carbocycles. The zero-order chi connectivity index (χ0) is 31.0. The Bertz CT molecular complexity index is 1920. The molecule has 4 aromatic rings. The number of thioether (sulfide) groups is 1. The summed E-state index contributed by atoms with van der Waals surface area (Å²) in [4.78, 5) is 58.4. The Kier molecular flexibility index (Phi) is 6.76. The van der Waals surface area contributed by atoms with Gasteiger partial charge in [-0.05, 0) is 85.5 Å². The third-order valence-electron chi connectivity index (χ3n) is 9.91. The Morgan fingerprint density at radius 2 is 1.69 bits per heavy atom. The number of hydrogen-bond donors (Lipinski definition) is 2. The maximum Gasteiger partial charge on any atom is 0.305 e. The summed E-state index contributed by atoms with van der Waals surface area (Å²) in [6, 6.07) is 22.9. The average Bonchev–Trinajstić information content (AvgIpc) is 3.75. The first-order chi connectivity index (χ1) is 21.8. The smallest absolute Gasteiger partial charge is 0.305 e. The lowest BCUT2D eigenvalue weighted by atomic mass is 9.68. The van der Waals surface area contributed by atoms with E-state index in [4.69, 9.17) is 4.74 Å². The van der Waals surface area contributed by atoms with Gasteiger partial charge >= 0.3 is 4.87 Å². The number of aromatic nitrogens is 1. The van der Waals surface area contributed by atoms with Crippen LogP contribution < -0.4 is 19.8 Å². The number of aryl methyl sites for hydroxylation is 2. The van der Waals surface area contributed by atoms with Crippen LogP contribution in [0, 0.1) is 43.4 Å². The van der Waals surface area contributed by atoms with E-state index in [-0.39, 0.29) is 70.0 Å². The van der Waals surface area contributed by atoms with E-state index in [1.807, 2.05) is 86.6 Å². The number of hydrogen-bond acceptors (Lipinski definition) is 7. The number of rotatable bonds is 6. The molecule has 10 heteroatoms. The number of fused-ring (bicyclic) bond motifs is 9. The predicted octanol–water partition coefficient (Wildman–Crippen LogP) is 5.75. The molecule has 1 saturated heterocycles. The van der Waals surface area contributed by atoms with Crippen molar-refractivity contribution in [1.29, 1.82) is 0 Å². The molecule has 2 aliphatic heterocycles. The summed E-state index contributed by atoms with van der Waals surface area (Å²) in [6.45, 7) is 3.81. The van der Waals surface area contributed by atoms with Gasteiger partial charge in [0.05, 0.1) is 22.5 Å². The lowest BCUT2D eigenvalue weighted by Gasteiger charge is -2.43. The summed E-state index contributed by atoms with van der Waals surface area (Å²) in [5.74, 6) is -0.592. The number of thiazole rings is 1. The van der Waals surface area contributed by atoms with Crippen LogP contribution in [0.15, 0.2) is 82.6 Å². The molecule has 3 heterocycles. The molecule has 2 saturated carbocycles. The molecular formula is C35H31N3O5S2. The van der Waals surface area contributed by atoms with Crippen molar-refractivity contribution in [2.45, 2.75) is 36.5 Å². The number of aromatic amines is 1. The molecule has 3 amide bonds. The molecule has 0 radical (unpaired) electrons. The molecule has 4 aliphatic rings. The fourth-order valence-corrected chi connectivity index (χ4v) is 11.1. The number of benzene rings is 3. The van der Waals surface area contributed by atoms with Gasteiger partial charge in [-0.3, -0.25) is 24.1 Å². The first-order valence-corrected chi connectivity index (χ1v) is 16.9. The van der Waals surface area contributed by atoms with Crippen LogP contribution in [0.4, 0.5) is 11.4 Å². The number of anilines is 2. The summed E-state index contributed by atoms with van der Waals surface area (Å²) in [5, 5.41) is 3.83. The van der Waals surface area contributed by atoms with Gasteiger partial charge in [0, 0.05) is 21.7 Å². The monoisotopic (exact) mass is 637 g/mol. The van der Waals surface area contributed by atoms with Crippen molar-refractivity contribution in [2.75, 3.05) is 16.8 Å². The molecule has 2 N–H and O–H groups in total. The van der Waals surface area contributed by atoms with E-state index >= 15 is 0 Å². The van der Waals surface area contributed by atoms with Crippen LogP contribution in [0.3, 0.4) is 0 Å².